The monoisotopic (exact) mass is 336 g/mol. The van der Waals surface area contributed by atoms with Gasteiger partial charge in [0, 0.05) is 21.6 Å². The van der Waals surface area contributed by atoms with Crippen molar-refractivity contribution in [1.29, 1.82) is 0 Å². The van der Waals surface area contributed by atoms with Crippen molar-refractivity contribution in [2.75, 3.05) is 0 Å². The molecule has 0 aliphatic rings. The molecule has 0 aliphatic heterocycles. The molecule has 0 bridgehead atoms. The summed E-state index contributed by atoms with van der Waals surface area (Å²) in [5.74, 6) is -1.55. The van der Waals surface area contributed by atoms with Gasteiger partial charge in [0.05, 0.1) is 11.1 Å². The molecule has 106 valence electrons. The van der Waals surface area contributed by atoms with E-state index in [0.29, 0.717) is 5.56 Å². The Balaban J connectivity index is 2.86. The fourth-order valence-corrected chi connectivity index (χ4v) is 2.92. The molecule has 1 atom stereocenters. The zero-order valence-corrected chi connectivity index (χ0v) is 13.3. The average Bonchev–Trinajstić information content (AvgIpc) is 2.68. The lowest BCUT2D eigenvalue weighted by Crippen LogP contribution is -2.23. The maximum atomic E-state index is 12.1. The number of benzene rings is 1. The van der Waals surface area contributed by atoms with Crippen molar-refractivity contribution in [3.05, 3.63) is 33.9 Å². The van der Waals surface area contributed by atoms with Gasteiger partial charge in [-0.2, -0.15) is 0 Å². The van der Waals surface area contributed by atoms with Crippen LogP contribution in [0.25, 0.3) is 10.9 Å². The summed E-state index contributed by atoms with van der Waals surface area (Å²) >= 11 is 3.45. The smallest absolute Gasteiger partial charge is 0.289 e. The van der Waals surface area contributed by atoms with Crippen molar-refractivity contribution in [2.45, 2.75) is 33.2 Å². The van der Waals surface area contributed by atoms with E-state index in [4.69, 9.17) is 5.73 Å². The van der Waals surface area contributed by atoms with Crippen LogP contribution in [0.3, 0.4) is 0 Å². The van der Waals surface area contributed by atoms with Gasteiger partial charge in [-0.25, -0.2) is 0 Å². The summed E-state index contributed by atoms with van der Waals surface area (Å²) in [4.78, 5) is 23.4. The molecule has 0 radical (unpaired) electrons. The van der Waals surface area contributed by atoms with E-state index in [0.717, 1.165) is 27.5 Å². The zero-order valence-electron chi connectivity index (χ0n) is 11.7. The number of Topliss-reactive ketones (excluding diaryl/α,β-unsaturated/α-hetero) is 1. The Bertz CT molecular complexity index is 703. The third-order valence-corrected chi connectivity index (χ3v) is 4.19. The van der Waals surface area contributed by atoms with Gasteiger partial charge in [-0.3, -0.25) is 9.59 Å². The van der Waals surface area contributed by atoms with Crippen LogP contribution in [0.2, 0.25) is 0 Å². The molecular formula is C15H17BrN2O2. The lowest BCUT2D eigenvalue weighted by atomic mass is 10.1. The molecule has 5 heteroatoms. The number of hydrogen-bond acceptors (Lipinski definition) is 2. The van der Waals surface area contributed by atoms with Crippen molar-refractivity contribution in [2.24, 2.45) is 5.73 Å². The Hall–Kier alpha value is -1.62. The van der Waals surface area contributed by atoms with E-state index in [1.54, 1.807) is 0 Å². The number of halogens is 1. The number of ketones is 1. The summed E-state index contributed by atoms with van der Waals surface area (Å²) in [5.41, 5.74) is 7.31. The predicted octanol–water partition coefficient (Wildman–Crippen LogP) is 3.35. The van der Waals surface area contributed by atoms with Crippen molar-refractivity contribution >= 4 is 38.5 Å². The van der Waals surface area contributed by atoms with Crippen LogP contribution in [0.4, 0.5) is 0 Å². The molecule has 1 amide bonds. The van der Waals surface area contributed by atoms with Gasteiger partial charge in [0.25, 0.3) is 11.7 Å². The maximum absolute atomic E-state index is 12.1. The first-order valence-electron chi connectivity index (χ1n) is 6.52. The van der Waals surface area contributed by atoms with Crippen LogP contribution < -0.4 is 5.73 Å². The average molecular weight is 337 g/mol. The standard InChI is InChI=1S/C15H17BrN2O2/c1-4-8(2)18-9(3)13(14(19)15(17)20)11-6-5-10(16)7-12(11)18/h5-8H,4H2,1-3H3,(H2,17,20). The Labute approximate surface area is 126 Å². The summed E-state index contributed by atoms with van der Waals surface area (Å²) in [7, 11) is 0. The van der Waals surface area contributed by atoms with E-state index in [2.05, 4.69) is 34.3 Å². The van der Waals surface area contributed by atoms with Crippen LogP contribution in [0.5, 0.6) is 0 Å². The van der Waals surface area contributed by atoms with Gasteiger partial charge in [0.2, 0.25) is 0 Å². The van der Waals surface area contributed by atoms with Crippen LogP contribution in [0.15, 0.2) is 22.7 Å². The Morgan fingerprint density at radius 2 is 2.05 bits per heavy atom. The SMILES string of the molecule is CCC(C)n1c(C)c(C(=O)C(N)=O)c2ccc(Br)cc21. The molecule has 2 aromatic rings. The Kier molecular flexibility index (Phi) is 3.99. The molecule has 20 heavy (non-hydrogen) atoms. The highest BCUT2D eigenvalue weighted by Gasteiger charge is 2.24. The number of aromatic nitrogens is 1. The van der Waals surface area contributed by atoms with Gasteiger partial charge in [-0.15, -0.1) is 0 Å². The van der Waals surface area contributed by atoms with E-state index in [9.17, 15) is 9.59 Å². The minimum atomic E-state index is -0.917. The van der Waals surface area contributed by atoms with Gasteiger partial charge < -0.3 is 10.3 Å². The molecule has 2 rings (SSSR count). The number of amides is 1. The number of nitrogens with two attached hydrogens (primary N) is 1. The van der Waals surface area contributed by atoms with Crippen molar-refractivity contribution in [1.82, 2.24) is 4.57 Å². The van der Waals surface area contributed by atoms with Crippen LogP contribution >= 0.6 is 15.9 Å². The molecule has 0 spiro atoms. The van der Waals surface area contributed by atoms with Crippen LogP contribution in [-0.2, 0) is 4.79 Å². The maximum Gasteiger partial charge on any atom is 0.289 e. The molecule has 2 N–H and O–H groups in total. The number of nitrogens with zero attached hydrogens (tertiary/aromatic N) is 1. The van der Waals surface area contributed by atoms with Crippen molar-refractivity contribution in [3.8, 4) is 0 Å². The van der Waals surface area contributed by atoms with Crippen molar-refractivity contribution in [3.63, 3.8) is 0 Å². The predicted molar refractivity (Wildman–Crippen MR) is 82.9 cm³/mol. The van der Waals surface area contributed by atoms with Gasteiger partial charge >= 0.3 is 0 Å². The highest BCUT2D eigenvalue weighted by Crippen LogP contribution is 2.32. The molecule has 0 fully saturated rings. The van der Waals surface area contributed by atoms with Crippen LogP contribution in [-0.4, -0.2) is 16.3 Å². The second-order valence-corrected chi connectivity index (χ2v) is 5.86. The Morgan fingerprint density at radius 1 is 1.40 bits per heavy atom. The molecule has 1 unspecified atom stereocenters. The number of hydrogen-bond donors (Lipinski definition) is 1. The minimum absolute atomic E-state index is 0.237. The molecule has 4 nitrogen and oxygen atoms in total. The molecule has 1 heterocycles. The fraction of sp³-hybridized carbons (Fsp3) is 0.333. The van der Waals surface area contributed by atoms with Crippen molar-refractivity contribution < 1.29 is 9.59 Å². The quantitative estimate of drug-likeness (QED) is 0.687. The highest BCUT2D eigenvalue weighted by atomic mass is 79.9. The number of carbonyl (C=O) groups excluding carboxylic acids is 2. The van der Waals surface area contributed by atoms with Gasteiger partial charge in [-0.05, 0) is 32.4 Å². The first kappa shape index (κ1) is 14.8. The fourth-order valence-electron chi connectivity index (χ4n) is 2.57. The topological polar surface area (TPSA) is 65.1 Å². The van der Waals surface area contributed by atoms with Gasteiger partial charge in [0.1, 0.15) is 0 Å². The first-order chi connectivity index (χ1) is 9.38. The second-order valence-electron chi connectivity index (χ2n) is 4.94. The molecule has 0 saturated heterocycles. The lowest BCUT2D eigenvalue weighted by Gasteiger charge is -2.15. The molecule has 0 aliphatic carbocycles. The zero-order chi connectivity index (χ0) is 15.0. The molecule has 1 aromatic carbocycles. The third-order valence-electron chi connectivity index (χ3n) is 3.69. The van der Waals surface area contributed by atoms with Crippen LogP contribution in [0.1, 0.15) is 42.4 Å². The summed E-state index contributed by atoms with van der Waals surface area (Å²) in [6, 6.07) is 5.91. The molecule has 1 aromatic heterocycles. The Morgan fingerprint density at radius 3 is 2.60 bits per heavy atom. The highest BCUT2D eigenvalue weighted by molar-refractivity contribution is 9.10. The van der Waals surface area contributed by atoms with E-state index < -0.39 is 11.7 Å². The van der Waals surface area contributed by atoms with E-state index in [1.807, 2.05) is 25.1 Å². The lowest BCUT2D eigenvalue weighted by molar-refractivity contribution is -0.114. The molecule has 0 saturated carbocycles. The second kappa shape index (κ2) is 5.40. The van der Waals surface area contributed by atoms with E-state index in [1.165, 1.54) is 0 Å². The van der Waals surface area contributed by atoms with E-state index in [-0.39, 0.29) is 6.04 Å². The molecular weight excluding hydrogens is 320 g/mol. The first-order valence-corrected chi connectivity index (χ1v) is 7.32. The van der Waals surface area contributed by atoms with Gasteiger partial charge in [-0.1, -0.05) is 28.9 Å². The summed E-state index contributed by atoms with van der Waals surface area (Å²) in [5, 5.41) is 0.773. The number of primary amides is 1. The number of carbonyl (C=O) groups is 2. The summed E-state index contributed by atoms with van der Waals surface area (Å²) in [6.45, 7) is 6.03. The normalized spacial score (nSPS) is 12.6. The number of rotatable bonds is 4. The minimum Gasteiger partial charge on any atom is -0.363 e. The third kappa shape index (κ3) is 2.26. The van der Waals surface area contributed by atoms with E-state index >= 15 is 0 Å². The summed E-state index contributed by atoms with van der Waals surface area (Å²) < 4.78 is 3.03. The number of fused-ring (bicyclic) bond motifs is 1. The summed E-state index contributed by atoms with van der Waals surface area (Å²) in [6.07, 6.45) is 0.932. The van der Waals surface area contributed by atoms with Gasteiger partial charge in [0.15, 0.2) is 0 Å². The van der Waals surface area contributed by atoms with Crippen LogP contribution in [0, 0.1) is 6.92 Å². The largest absolute Gasteiger partial charge is 0.363 e.